The van der Waals surface area contributed by atoms with Gasteiger partial charge < -0.3 is 28.8 Å². The molecule has 0 radical (unpaired) electrons. The van der Waals surface area contributed by atoms with E-state index in [-0.39, 0.29) is 74.2 Å². The molecule has 5 unspecified atom stereocenters. The van der Waals surface area contributed by atoms with Crippen LogP contribution in [0, 0.1) is 35.0 Å². The first-order valence-corrected chi connectivity index (χ1v) is 42.7. The molecule has 0 aromatic heterocycles. The standard InChI is InChI=1S/3C18H15S.C13H20O5S.C9H12O8S2.C7H6O3/c3*1-4-10-16(11-5-1)19(17-12-6-2-7-13-17)18-14-8-3-9-15-18;14-12(18-1-2-19(15,16)17)13-6-9-3-10(7-13)5-11(4-9)8-13;10-7(3-18(11,12)13)16-8-4-1-5-6(2-4)17-19(14,15)9(5)8;8-6-4-2-1-3-5(6)7(9)10/h3*1-15H;9-11H,1-8H2,(H,15,16,17);4-6,8-9H,1-3H2,(H,11,12,13);1-4,8H,(H,9,10)/q3*+1;;;/p-3. The smallest absolute Gasteiger partial charge is 0.335 e. The van der Waals surface area contributed by atoms with Gasteiger partial charge in [0.05, 0.1) is 65.6 Å². The fourth-order valence-electron chi connectivity index (χ4n) is 15.0. The molecule has 105 heavy (non-hydrogen) atoms. The second-order valence-electron chi connectivity index (χ2n) is 26.3. The first kappa shape index (κ1) is 77.3. The van der Waals surface area contributed by atoms with Gasteiger partial charge in [0.1, 0.15) is 33.8 Å². The van der Waals surface area contributed by atoms with Crippen molar-refractivity contribution < 1.29 is 72.6 Å². The van der Waals surface area contributed by atoms with Gasteiger partial charge in [-0.3, -0.25) is 13.8 Å². The topological polar surface area (TPSA) is 271 Å². The number of hydrogen-bond donors (Lipinski definition) is 1. The van der Waals surface area contributed by atoms with Crippen LogP contribution in [0.15, 0.2) is 341 Å². The molecule has 544 valence electrons. The number of hydrogen-bond acceptors (Lipinski definition) is 15. The molecule has 1 aliphatic heterocycles. The number of carbonyl (C=O) groups is 3. The first-order chi connectivity index (χ1) is 50.6. The molecular weight excluding hydrogens is 1450 g/mol. The number of aromatic carboxylic acids is 1. The normalized spacial score (nSPS) is 21.6. The van der Waals surface area contributed by atoms with Crippen LogP contribution in [0.25, 0.3) is 0 Å². The summed E-state index contributed by atoms with van der Waals surface area (Å²) in [6.45, 7) is -0.299. The van der Waals surface area contributed by atoms with E-state index in [1.165, 1.54) is 87.6 Å². The van der Waals surface area contributed by atoms with Crippen molar-refractivity contribution in [2.24, 2.45) is 35.0 Å². The fraction of sp³-hybridized carbons (Fsp3) is 0.241. The maximum Gasteiger partial charge on any atom is 0.335 e. The van der Waals surface area contributed by atoms with Crippen molar-refractivity contribution in [3.63, 3.8) is 0 Å². The molecule has 7 fully saturated rings. The van der Waals surface area contributed by atoms with Gasteiger partial charge >= 0.3 is 17.9 Å². The number of fused-ring (bicyclic) bond motifs is 1. The number of carboxylic acid groups (broad SMARTS) is 1. The van der Waals surface area contributed by atoms with E-state index in [2.05, 4.69) is 273 Å². The summed E-state index contributed by atoms with van der Waals surface area (Å²) in [7, 11) is -12.8. The predicted octanol–water partition coefficient (Wildman–Crippen LogP) is 14.7. The lowest BCUT2D eigenvalue weighted by Gasteiger charge is -2.55. The first-order valence-electron chi connectivity index (χ1n) is 34.4. The van der Waals surface area contributed by atoms with Crippen molar-refractivity contribution in [1.29, 1.82) is 0 Å². The lowest BCUT2D eigenvalue weighted by atomic mass is 9.49. The number of benzene rings is 10. The van der Waals surface area contributed by atoms with Gasteiger partial charge in [0.2, 0.25) is 0 Å². The molecule has 5 atom stereocenters. The molecule has 0 spiro atoms. The Morgan fingerprint density at radius 1 is 0.448 bits per heavy atom. The van der Waals surface area contributed by atoms with E-state index in [4.69, 9.17) is 18.8 Å². The minimum absolute atomic E-state index is 0.0146. The van der Waals surface area contributed by atoms with Gasteiger partial charge in [-0.2, -0.15) is 8.42 Å². The molecule has 10 aromatic rings. The SMILES string of the molecule is O=C(CS(=O)(=O)[O-])OC1C2CC3OS(=O)(=O)C1C3C2.O=C(O)c1ccccc1[O-].O=C(OCCS(=O)(=O)[O-])C12CC3CC(CC(C3)C1)C2.c1ccc([S+](c2ccccc2)c2ccccc2)cc1.c1ccc([S+](c2ccccc2)c2ccccc2)cc1.c1ccc([S+](c2ccccc2)c2ccccc2)cc1. The van der Waals surface area contributed by atoms with Gasteiger partial charge in [-0.1, -0.05) is 188 Å². The summed E-state index contributed by atoms with van der Waals surface area (Å²) in [6, 6.07) is 102. The zero-order valence-electron chi connectivity index (χ0n) is 57.2. The van der Waals surface area contributed by atoms with Crippen molar-refractivity contribution in [2.75, 3.05) is 18.1 Å². The van der Waals surface area contributed by atoms with Gasteiger partial charge in [0, 0.05) is 11.8 Å². The summed E-state index contributed by atoms with van der Waals surface area (Å²) in [5.41, 5.74) is -0.552. The Morgan fingerprint density at radius 3 is 1.03 bits per heavy atom. The molecular formula is C83H80O16S6. The third-order valence-electron chi connectivity index (χ3n) is 18.9. The van der Waals surface area contributed by atoms with Crippen LogP contribution in [0.5, 0.6) is 5.75 Å². The summed E-state index contributed by atoms with van der Waals surface area (Å²) in [4.78, 5) is 46.1. The Morgan fingerprint density at radius 2 is 0.752 bits per heavy atom. The van der Waals surface area contributed by atoms with Crippen LogP contribution in [-0.2, 0) is 86.3 Å². The van der Waals surface area contributed by atoms with Crippen LogP contribution in [0.4, 0.5) is 0 Å². The van der Waals surface area contributed by atoms with E-state index < -0.39 is 70.9 Å². The van der Waals surface area contributed by atoms with Crippen molar-refractivity contribution in [1.82, 2.24) is 0 Å². The van der Waals surface area contributed by atoms with Gasteiger partial charge in [0.25, 0.3) is 10.1 Å². The lowest BCUT2D eigenvalue weighted by Crippen LogP contribution is -2.50. The lowest BCUT2D eigenvalue weighted by molar-refractivity contribution is -0.268. The largest absolute Gasteiger partial charge is 0.872 e. The maximum atomic E-state index is 12.3. The number of carbonyl (C=O) groups excluding carboxylic acids is 2. The Kier molecular flexibility index (Phi) is 26.5. The highest BCUT2D eigenvalue weighted by Crippen LogP contribution is 2.60. The average Bonchev–Trinajstić information content (AvgIpc) is 1.70. The van der Waals surface area contributed by atoms with Crippen molar-refractivity contribution in [3.8, 4) is 5.75 Å². The van der Waals surface area contributed by atoms with E-state index in [0.717, 1.165) is 19.3 Å². The molecule has 0 amide bonds. The molecule has 6 bridgehead atoms. The number of esters is 2. The summed E-state index contributed by atoms with van der Waals surface area (Å²) in [6.07, 6.45) is 6.19. The Labute approximate surface area is 623 Å². The molecule has 6 aliphatic carbocycles. The third-order valence-corrected chi connectivity index (χ3v) is 28.7. The second-order valence-corrected chi connectivity index (χ2v) is 37.0. The van der Waals surface area contributed by atoms with E-state index >= 15 is 0 Å². The molecule has 17 rings (SSSR count). The molecule has 22 heteroatoms. The highest BCUT2D eigenvalue weighted by atomic mass is 32.2. The zero-order chi connectivity index (χ0) is 74.0. The zero-order valence-corrected chi connectivity index (χ0v) is 62.1. The van der Waals surface area contributed by atoms with E-state index in [1.807, 2.05) is 0 Å². The molecule has 1 saturated heterocycles. The molecule has 1 N–H and O–H groups in total. The minimum atomic E-state index is -4.73. The number of rotatable bonds is 17. The van der Waals surface area contributed by atoms with E-state index in [9.17, 15) is 53.8 Å². The molecule has 6 saturated carbocycles. The van der Waals surface area contributed by atoms with Crippen molar-refractivity contribution >= 4 is 80.9 Å². The molecule has 7 aliphatic rings. The number of carboxylic acids is 1. The van der Waals surface area contributed by atoms with Crippen LogP contribution in [-0.4, -0.2) is 92.9 Å². The highest BCUT2D eigenvalue weighted by molar-refractivity contribution is 7.97. The predicted molar refractivity (Wildman–Crippen MR) is 402 cm³/mol. The quantitative estimate of drug-likeness (QED) is 0.0384. The monoisotopic (exact) mass is 1520 g/mol. The van der Waals surface area contributed by atoms with E-state index in [1.54, 1.807) is 0 Å². The fourth-order valence-corrected chi connectivity index (χ4v) is 24.0. The second kappa shape index (κ2) is 36.0. The minimum Gasteiger partial charge on any atom is -0.872 e. The van der Waals surface area contributed by atoms with Gasteiger partial charge in [-0.15, -0.1) is 0 Å². The average molecular weight is 1530 g/mol. The van der Waals surface area contributed by atoms with Crippen LogP contribution in [0.3, 0.4) is 0 Å². The number of para-hydroxylation sites is 1. The summed E-state index contributed by atoms with van der Waals surface area (Å²) in [5, 5.41) is 18.1. The Balaban J connectivity index is 0.000000127. The van der Waals surface area contributed by atoms with Crippen LogP contribution >= 0.6 is 0 Å². The highest BCUT2D eigenvalue weighted by Gasteiger charge is 2.66. The van der Waals surface area contributed by atoms with Gasteiger partial charge in [0.15, 0.2) is 44.1 Å². The summed E-state index contributed by atoms with van der Waals surface area (Å²) < 4.78 is 101. The van der Waals surface area contributed by atoms with Crippen LogP contribution < -0.4 is 5.11 Å². The van der Waals surface area contributed by atoms with Gasteiger partial charge in [-0.05, 0) is 184 Å². The Bertz CT molecular complexity index is 4190. The van der Waals surface area contributed by atoms with Crippen LogP contribution in [0.2, 0.25) is 0 Å². The van der Waals surface area contributed by atoms with Crippen molar-refractivity contribution in [3.05, 3.63) is 303 Å². The molecule has 16 nitrogen and oxygen atoms in total. The van der Waals surface area contributed by atoms with Gasteiger partial charge in [-0.25, -0.2) is 21.6 Å². The maximum absolute atomic E-state index is 12.3. The van der Waals surface area contributed by atoms with Crippen molar-refractivity contribution in [2.45, 2.75) is 113 Å². The molecule has 1 heterocycles. The summed E-state index contributed by atoms with van der Waals surface area (Å²) in [5.74, 6) is -3.41. The number of ether oxygens (including phenoxy) is 2. The van der Waals surface area contributed by atoms with Crippen LogP contribution in [0.1, 0.15) is 61.7 Å². The third kappa shape index (κ3) is 21.0. The molecule has 10 aromatic carbocycles. The summed E-state index contributed by atoms with van der Waals surface area (Å²) >= 11 is 0. The Hall–Kier alpha value is -8.81. The van der Waals surface area contributed by atoms with E-state index in [0.29, 0.717) is 30.6 Å².